The van der Waals surface area contributed by atoms with Gasteiger partial charge in [0.1, 0.15) is 5.75 Å². The van der Waals surface area contributed by atoms with Gasteiger partial charge in [-0.05, 0) is 31.9 Å². The van der Waals surface area contributed by atoms with Crippen LogP contribution in [0.2, 0.25) is 0 Å². The first-order chi connectivity index (χ1) is 8.69. The second kappa shape index (κ2) is 6.01. The van der Waals surface area contributed by atoms with Crippen LogP contribution < -0.4 is 10.1 Å². The number of rotatable bonds is 4. The van der Waals surface area contributed by atoms with Crippen LogP contribution in [0.3, 0.4) is 0 Å². The standard InChI is InChI=1S/C15H21NO2/c1-11-5-3-7-13(16-11)10-15(17)12-6-4-8-14(9-12)18-2/h4,6,8-9,11,13,16H,3,5,7,10H2,1-2H3. The first kappa shape index (κ1) is 13.1. The molecule has 1 heterocycles. The average molecular weight is 247 g/mol. The zero-order chi connectivity index (χ0) is 13.0. The van der Waals surface area contributed by atoms with Gasteiger partial charge in [0, 0.05) is 24.1 Å². The van der Waals surface area contributed by atoms with Crippen molar-refractivity contribution in [2.24, 2.45) is 0 Å². The number of methoxy groups -OCH3 is 1. The SMILES string of the molecule is COc1cccc(C(=O)CC2CCCC(C)N2)c1. The van der Waals surface area contributed by atoms with Crippen LogP contribution in [-0.2, 0) is 0 Å². The number of benzene rings is 1. The highest BCUT2D eigenvalue weighted by Gasteiger charge is 2.21. The molecule has 1 fully saturated rings. The van der Waals surface area contributed by atoms with Gasteiger partial charge in [-0.2, -0.15) is 0 Å². The lowest BCUT2D eigenvalue weighted by Crippen LogP contribution is -2.41. The van der Waals surface area contributed by atoms with E-state index in [0.29, 0.717) is 18.5 Å². The molecule has 98 valence electrons. The van der Waals surface area contributed by atoms with Crippen LogP contribution in [0.15, 0.2) is 24.3 Å². The third-order valence-corrected chi connectivity index (χ3v) is 3.53. The van der Waals surface area contributed by atoms with Gasteiger partial charge in [-0.3, -0.25) is 4.79 Å². The van der Waals surface area contributed by atoms with Crippen LogP contribution in [0.5, 0.6) is 5.75 Å². The minimum absolute atomic E-state index is 0.195. The summed E-state index contributed by atoms with van der Waals surface area (Å²) in [5.74, 6) is 0.936. The van der Waals surface area contributed by atoms with Gasteiger partial charge in [0.2, 0.25) is 0 Å². The van der Waals surface area contributed by atoms with Gasteiger partial charge < -0.3 is 10.1 Å². The smallest absolute Gasteiger partial charge is 0.164 e. The van der Waals surface area contributed by atoms with Gasteiger partial charge in [0.25, 0.3) is 0 Å². The molecule has 1 aromatic rings. The summed E-state index contributed by atoms with van der Waals surface area (Å²) in [6, 6.07) is 8.25. The number of nitrogens with one attached hydrogen (secondary N) is 1. The number of ketones is 1. The highest BCUT2D eigenvalue weighted by molar-refractivity contribution is 5.96. The minimum atomic E-state index is 0.195. The summed E-state index contributed by atoms with van der Waals surface area (Å²) in [5.41, 5.74) is 0.745. The third-order valence-electron chi connectivity index (χ3n) is 3.53. The lowest BCUT2D eigenvalue weighted by molar-refractivity contribution is 0.0959. The molecule has 0 amide bonds. The van der Waals surface area contributed by atoms with Crippen LogP contribution in [0.4, 0.5) is 0 Å². The van der Waals surface area contributed by atoms with Crippen LogP contribution in [0.1, 0.15) is 43.0 Å². The van der Waals surface area contributed by atoms with Crippen molar-refractivity contribution in [3.63, 3.8) is 0 Å². The molecule has 2 rings (SSSR count). The Morgan fingerprint density at radius 1 is 1.44 bits per heavy atom. The summed E-state index contributed by atoms with van der Waals surface area (Å²) in [6.07, 6.45) is 4.10. The quantitative estimate of drug-likeness (QED) is 0.831. The van der Waals surface area contributed by atoms with Crippen LogP contribution in [0.25, 0.3) is 0 Å². The first-order valence-electron chi connectivity index (χ1n) is 6.62. The molecule has 0 bridgehead atoms. The summed E-state index contributed by atoms with van der Waals surface area (Å²) in [6.45, 7) is 2.18. The summed E-state index contributed by atoms with van der Waals surface area (Å²) in [7, 11) is 1.62. The topological polar surface area (TPSA) is 38.3 Å². The van der Waals surface area contributed by atoms with Gasteiger partial charge in [-0.1, -0.05) is 18.6 Å². The molecule has 18 heavy (non-hydrogen) atoms. The van der Waals surface area contributed by atoms with Crippen molar-refractivity contribution in [1.82, 2.24) is 5.32 Å². The third kappa shape index (κ3) is 3.33. The van der Waals surface area contributed by atoms with E-state index in [2.05, 4.69) is 12.2 Å². The maximum atomic E-state index is 12.2. The van der Waals surface area contributed by atoms with E-state index in [0.717, 1.165) is 17.7 Å². The maximum absolute atomic E-state index is 12.2. The average Bonchev–Trinajstić information content (AvgIpc) is 2.39. The Balaban J connectivity index is 1.98. The van der Waals surface area contributed by atoms with Crippen molar-refractivity contribution < 1.29 is 9.53 Å². The Labute approximate surface area is 109 Å². The van der Waals surface area contributed by atoms with E-state index in [-0.39, 0.29) is 5.78 Å². The highest BCUT2D eigenvalue weighted by Crippen LogP contribution is 2.19. The van der Waals surface area contributed by atoms with Crippen LogP contribution in [0, 0.1) is 0 Å². The van der Waals surface area contributed by atoms with Crippen molar-refractivity contribution in [1.29, 1.82) is 0 Å². The Hall–Kier alpha value is -1.35. The van der Waals surface area contributed by atoms with Crippen molar-refractivity contribution in [3.8, 4) is 5.75 Å². The fourth-order valence-electron chi connectivity index (χ4n) is 2.54. The normalized spacial score (nSPS) is 23.7. The zero-order valence-corrected chi connectivity index (χ0v) is 11.1. The number of hydrogen-bond acceptors (Lipinski definition) is 3. The minimum Gasteiger partial charge on any atom is -0.497 e. The number of hydrogen-bond donors (Lipinski definition) is 1. The van der Waals surface area contributed by atoms with Crippen LogP contribution in [-0.4, -0.2) is 25.0 Å². The number of carbonyl (C=O) groups excluding carboxylic acids is 1. The predicted octanol–water partition coefficient (Wildman–Crippen LogP) is 2.80. The second-order valence-corrected chi connectivity index (χ2v) is 5.05. The molecule has 1 saturated heterocycles. The maximum Gasteiger partial charge on any atom is 0.164 e. The molecule has 1 aromatic carbocycles. The fourth-order valence-corrected chi connectivity index (χ4v) is 2.54. The van der Waals surface area contributed by atoms with Gasteiger partial charge in [-0.15, -0.1) is 0 Å². The summed E-state index contributed by atoms with van der Waals surface area (Å²) >= 11 is 0. The molecule has 0 radical (unpaired) electrons. The summed E-state index contributed by atoms with van der Waals surface area (Å²) in [4.78, 5) is 12.2. The lowest BCUT2D eigenvalue weighted by atomic mass is 9.94. The van der Waals surface area contributed by atoms with E-state index in [1.807, 2.05) is 24.3 Å². The van der Waals surface area contributed by atoms with Crippen LogP contribution >= 0.6 is 0 Å². The predicted molar refractivity (Wildman–Crippen MR) is 72.2 cm³/mol. The molecule has 3 nitrogen and oxygen atoms in total. The molecular weight excluding hydrogens is 226 g/mol. The monoisotopic (exact) mass is 247 g/mol. The second-order valence-electron chi connectivity index (χ2n) is 5.05. The van der Waals surface area contributed by atoms with E-state index in [4.69, 9.17) is 4.74 Å². The highest BCUT2D eigenvalue weighted by atomic mass is 16.5. The lowest BCUT2D eigenvalue weighted by Gasteiger charge is -2.28. The Morgan fingerprint density at radius 3 is 3.00 bits per heavy atom. The van der Waals surface area contributed by atoms with E-state index < -0.39 is 0 Å². The van der Waals surface area contributed by atoms with Crippen molar-refractivity contribution >= 4 is 5.78 Å². The number of piperidine rings is 1. The largest absolute Gasteiger partial charge is 0.497 e. The fraction of sp³-hybridized carbons (Fsp3) is 0.533. The first-order valence-corrected chi connectivity index (χ1v) is 6.62. The number of Topliss-reactive ketones (excluding diaryl/α,β-unsaturated/α-hetero) is 1. The van der Waals surface area contributed by atoms with Crippen molar-refractivity contribution in [2.45, 2.75) is 44.7 Å². The summed E-state index contributed by atoms with van der Waals surface area (Å²) < 4.78 is 5.14. The molecular formula is C15H21NO2. The van der Waals surface area contributed by atoms with Gasteiger partial charge >= 0.3 is 0 Å². The molecule has 2 atom stereocenters. The molecule has 1 aliphatic rings. The molecule has 3 heteroatoms. The Bertz CT molecular complexity index is 417. The zero-order valence-electron chi connectivity index (χ0n) is 11.1. The molecule has 2 unspecified atom stereocenters. The summed E-state index contributed by atoms with van der Waals surface area (Å²) in [5, 5.41) is 3.49. The molecule has 1 aliphatic heterocycles. The molecule has 0 saturated carbocycles. The van der Waals surface area contributed by atoms with Crippen molar-refractivity contribution in [2.75, 3.05) is 7.11 Å². The van der Waals surface area contributed by atoms with Gasteiger partial charge in [0.05, 0.1) is 7.11 Å². The van der Waals surface area contributed by atoms with Crippen molar-refractivity contribution in [3.05, 3.63) is 29.8 Å². The number of ether oxygens (including phenoxy) is 1. The number of carbonyl (C=O) groups is 1. The molecule has 0 spiro atoms. The Kier molecular flexibility index (Phi) is 4.37. The Morgan fingerprint density at radius 2 is 2.28 bits per heavy atom. The van der Waals surface area contributed by atoms with E-state index in [1.54, 1.807) is 7.11 Å². The van der Waals surface area contributed by atoms with E-state index in [9.17, 15) is 4.79 Å². The van der Waals surface area contributed by atoms with E-state index in [1.165, 1.54) is 12.8 Å². The molecule has 0 aromatic heterocycles. The molecule has 0 aliphatic carbocycles. The van der Waals surface area contributed by atoms with E-state index >= 15 is 0 Å². The van der Waals surface area contributed by atoms with Gasteiger partial charge in [-0.25, -0.2) is 0 Å². The van der Waals surface area contributed by atoms with Gasteiger partial charge in [0.15, 0.2) is 5.78 Å². The molecule has 1 N–H and O–H groups in total.